The van der Waals surface area contributed by atoms with Crippen molar-refractivity contribution < 1.29 is 26.2 Å². The monoisotopic (exact) mass is 1180 g/mol. The maximum Gasteiger partial charge on any atom is 0.148 e. The molecule has 0 aliphatic heterocycles. The first-order valence-electron chi connectivity index (χ1n) is 26.6. The minimum Gasteiger partial charge on any atom is -0.507 e. The molecule has 6 heteroatoms. The van der Waals surface area contributed by atoms with Gasteiger partial charge in [0.25, 0.3) is 0 Å². The Hall–Kier alpha value is -6.81. The summed E-state index contributed by atoms with van der Waals surface area (Å²) in [5, 5.41) is 12.7. The number of para-hydroxylation sites is 3. The van der Waals surface area contributed by atoms with E-state index in [0.717, 1.165) is 94.9 Å². The molecule has 8 aromatic carbocycles. The first-order chi connectivity index (χ1) is 35.3. The molecular formula is C70H73N4OPt-. The van der Waals surface area contributed by atoms with Crippen LogP contribution in [0.1, 0.15) is 132 Å². The van der Waals surface area contributed by atoms with Crippen molar-refractivity contribution in [2.75, 3.05) is 0 Å². The molecule has 0 radical (unpaired) electrons. The summed E-state index contributed by atoms with van der Waals surface area (Å²) in [5.41, 5.74) is 18.4. The summed E-state index contributed by atoms with van der Waals surface area (Å²) < 4.78 is 4.63. The van der Waals surface area contributed by atoms with E-state index >= 15 is 0 Å². The van der Waals surface area contributed by atoms with Gasteiger partial charge in [0.15, 0.2) is 0 Å². The minimum absolute atomic E-state index is 0. The largest absolute Gasteiger partial charge is 0.507 e. The average Bonchev–Trinajstić information content (AvgIpc) is 3.94. The molecule has 10 aromatic rings. The van der Waals surface area contributed by atoms with Gasteiger partial charge in [0.2, 0.25) is 0 Å². The topological polar surface area (TPSA) is 55.9 Å². The number of imidazole rings is 2. The minimum atomic E-state index is -0.350. The molecule has 5 nitrogen and oxygen atoms in total. The molecule has 2 aromatic heterocycles. The first-order valence-corrected chi connectivity index (χ1v) is 26.6. The molecule has 2 heterocycles. The molecule has 1 N–H and O–H groups in total. The van der Waals surface area contributed by atoms with Gasteiger partial charge in [-0.05, 0) is 103 Å². The molecule has 0 amide bonds. The Morgan fingerprint density at radius 3 is 1.37 bits per heavy atom. The van der Waals surface area contributed by atoms with E-state index < -0.39 is 0 Å². The molecular weight excluding hydrogens is 1110 g/mol. The molecule has 0 spiro atoms. The van der Waals surface area contributed by atoms with Crippen molar-refractivity contribution in [1.82, 2.24) is 19.1 Å². The zero-order valence-electron chi connectivity index (χ0n) is 47.1. The Bertz CT molecular complexity index is 3790. The summed E-state index contributed by atoms with van der Waals surface area (Å²) in [5.74, 6) is 1.73. The van der Waals surface area contributed by atoms with Gasteiger partial charge in [0.1, 0.15) is 11.6 Å². The maximum absolute atomic E-state index is 12.7. The van der Waals surface area contributed by atoms with Gasteiger partial charge in [-0.2, -0.15) is 0 Å². The zero-order valence-corrected chi connectivity index (χ0v) is 49.4. The second-order valence-electron chi connectivity index (χ2n) is 25.8. The molecule has 0 bridgehead atoms. The number of aromatic nitrogens is 4. The van der Waals surface area contributed by atoms with Gasteiger partial charge in [-0.15, -0.1) is 29.3 Å². The van der Waals surface area contributed by atoms with Gasteiger partial charge in [-0.3, -0.25) is 9.55 Å². The Labute approximate surface area is 466 Å². The molecule has 0 saturated heterocycles. The van der Waals surface area contributed by atoms with Gasteiger partial charge in [-0.1, -0.05) is 218 Å². The van der Waals surface area contributed by atoms with E-state index in [1.54, 1.807) is 0 Å². The van der Waals surface area contributed by atoms with E-state index in [1.165, 1.54) is 11.1 Å². The van der Waals surface area contributed by atoms with E-state index in [1.807, 2.05) is 0 Å². The van der Waals surface area contributed by atoms with E-state index in [9.17, 15) is 5.11 Å². The first kappa shape index (κ1) is 54.0. The van der Waals surface area contributed by atoms with E-state index in [0.29, 0.717) is 11.4 Å². The number of nitrogens with zero attached hydrogens (tertiary/aromatic N) is 4. The zero-order chi connectivity index (χ0) is 53.6. The molecule has 0 saturated carbocycles. The molecule has 76 heavy (non-hydrogen) atoms. The Balaban J connectivity index is 0.00000706. The summed E-state index contributed by atoms with van der Waals surface area (Å²) in [6.45, 7) is 33.7. The predicted octanol–water partition coefficient (Wildman–Crippen LogP) is 18.7. The fourth-order valence-electron chi connectivity index (χ4n) is 10.4. The number of hydrogen-bond donors (Lipinski definition) is 1. The summed E-state index contributed by atoms with van der Waals surface area (Å²) >= 11 is 0. The number of benzene rings is 8. The van der Waals surface area contributed by atoms with Crippen LogP contribution in [0.5, 0.6) is 5.75 Å². The third-order valence-electron chi connectivity index (χ3n) is 14.9. The van der Waals surface area contributed by atoms with Gasteiger partial charge >= 0.3 is 0 Å². The van der Waals surface area contributed by atoms with Gasteiger partial charge in [0, 0.05) is 43.4 Å². The SMILES string of the molecule is CC(C)(C)c1cc(-c2cccc3c2nc(-c2cc(C(C)(C)C)cc(C(C)(C)C)c2O)n3-c2ccc(C(C)(C)C)cc2-c2ccccc2)[c-]c(-c2nc3ccccc3n2-c2ccc(C(C)(C)C)cc2-c2ccccc2)c1.[Pt]. The third-order valence-corrected chi connectivity index (χ3v) is 14.9. The van der Waals surface area contributed by atoms with Crippen LogP contribution in [0.3, 0.4) is 0 Å². The van der Waals surface area contributed by atoms with Crippen LogP contribution in [0.25, 0.3) is 89.6 Å². The van der Waals surface area contributed by atoms with Gasteiger partial charge in [-0.25, -0.2) is 4.98 Å². The summed E-state index contributed by atoms with van der Waals surface area (Å²) in [6, 6.07) is 63.0. The third kappa shape index (κ3) is 10.2. The van der Waals surface area contributed by atoms with Crippen molar-refractivity contribution in [3.05, 3.63) is 198 Å². The van der Waals surface area contributed by atoms with E-state index in [2.05, 4.69) is 283 Å². The molecule has 390 valence electrons. The predicted molar refractivity (Wildman–Crippen MR) is 317 cm³/mol. The summed E-state index contributed by atoms with van der Waals surface area (Å²) in [4.78, 5) is 11.3. The molecule has 0 aliphatic carbocycles. The van der Waals surface area contributed by atoms with Crippen molar-refractivity contribution >= 4 is 22.1 Å². The van der Waals surface area contributed by atoms with Crippen LogP contribution in [0.15, 0.2) is 164 Å². The van der Waals surface area contributed by atoms with Crippen LogP contribution in [0.4, 0.5) is 0 Å². The Morgan fingerprint density at radius 2 is 0.842 bits per heavy atom. The fourth-order valence-corrected chi connectivity index (χ4v) is 10.4. The number of aromatic hydroxyl groups is 1. The van der Waals surface area contributed by atoms with Gasteiger partial charge < -0.3 is 9.67 Å². The van der Waals surface area contributed by atoms with Crippen LogP contribution in [-0.4, -0.2) is 24.2 Å². The molecule has 0 fully saturated rings. The Kier molecular flexibility index (Phi) is 14.0. The smallest absolute Gasteiger partial charge is 0.148 e. The van der Waals surface area contributed by atoms with Crippen molar-refractivity contribution in [3.63, 3.8) is 0 Å². The van der Waals surface area contributed by atoms with Crippen LogP contribution < -0.4 is 0 Å². The number of fused-ring (bicyclic) bond motifs is 2. The van der Waals surface area contributed by atoms with Crippen LogP contribution in [0.2, 0.25) is 0 Å². The second-order valence-corrected chi connectivity index (χ2v) is 25.8. The Morgan fingerprint density at radius 1 is 0.382 bits per heavy atom. The normalized spacial score (nSPS) is 12.6. The number of hydrogen-bond acceptors (Lipinski definition) is 3. The maximum atomic E-state index is 12.7. The number of phenolic OH excluding ortho intramolecular Hbond substituents is 1. The molecule has 0 aliphatic rings. The average molecular weight is 1180 g/mol. The fraction of sp³-hybridized carbons (Fsp3) is 0.286. The van der Waals surface area contributed by atoms with Crippen molar-refractivity contribution in [2.45, 2.75) is 131 Å². The summed E-state index contributed by atoms with van der Waals surface area (Å²) in [7, 11) is 0. The summed E-state index contributed by atoms with van der Waals surface area (Å²) in [6.07, 6.45) is 0. The van der Waals surface area contributed by atoms with E-state index in [4.69, 9.17) is 9.97 Å². The van der Waals surface area contributed by atoms with Crippen molar-refractivity contribution in [2.24, 2.45) is 0 Å². The quantitative estimate of drug-likeness (QED) is 0.162. The molecule has 0 unspecified atom stereocenters. The van der Waals surface area contributed by atoms with Crippen LogP contribution in [-0.2, 0) is 48.1 Å². The van der Waals surface area contributed by atoms with Crippen LogP contribution in [0, 0.1) is 6.07 Å². The van der Waals surface area contributed by atoms with Gasteiger partial charge in [0.05, 0.1) is 39.1 Å². The standard InChI is InChI=1S/C70H73N4O.Pt/c1-66(2,3)48-33-35-58(53(40-48)44-25-18-16-19-26-44)73-60-31-23-22-30-57(60)71-64(73)47-37-46(38-50(39-47)68(7,8)9)52-29-24-32-61-62(52)72-65(55-42-51(69(10,11)12)43-56(63(55)75)70(13,14)15)74(61)59-36-34-49(67(4,5)6)41-54(59)45-27-20-17-21-28-45;/h16-36,38-43,75H,1-15H3;/q-1;. The number of phenols is 1. The van der Waals surface area contributed by atoms with Crippen LogP contribution >= 0.6 is 0 Å². The number of rotatable bonds is 7. The molecule has 0 atom stereocenters. The second kappa shape index (κ2) is 19.6. The van der Waals surface area contributed by atoms with E-state index in [-0.39, 0.29) is 53.9 Å². The van der Waals surface area contributed by atoms with Crippen molar-refractivity contribution in [1.29, 1.82) is 0 Å². The molecule has 10 rings (SSSR count). The van der Waals surface area contributed by atoms with Crippen molar-refractivity contribution in [3.8, 4) is 73.3 Å².